The van der Waals surface area contributed by atoms with E-state index in [0.717, 1.165) is 11.1 Å². The van der Waals surface area contributed by atoms with Gasteiger partial charge < -0.3 is 9.47 Å². The Balaban J connectivity index is 4.06. The van der Waals surface area contributed by atoms with Gasteiger partial charge in [0.1, 0.15) is 0 Å². The molecule has 0 atom stereocenters. The minimum atomic E-state index is 1.07. The molecule has 58 valence electrons. The molecular formula is C8H14O2. The highest BCUT2D eigenvalue weighted by atomic mass is 16.5. The van der Waals surface area contributed by atoms with Crippen LogP contribution in [0.4, 0.5) is 0 Å². The summed E-state index contributed by atoms with van der Waals surface area (Å²) in [5.41, 5.74) is 2.15. The maximum absolute atomic E-state index is 4.81. The zero-order valence-corrected chi connectivity index (χ0v) is 6.97. The first-order chi connectivity index (χ1) is 4.72. The van der Waals surface area contributed by atoms with Gasteiger partial charge in [0, 0.05) is 0 Å². The Hall–Kier alpha value is -0.920. The van der Waals surface area contributed by atoms with Crippen molar-refractivity contribution in [2.24, 2.45) is 0 Å². The van der Waals surface area contributed by atoms with Gasteiger partial charge in [-0.3, -0.25) is 0 Å². The van der Waals surface area contributed by atoms with Crippen molar-refractivity contribution in [2.45, 2.75) is 13.8 Å². The van der Waals surface area contributed by atoms with Gasteiger partial charge in [0.05, 0.1) is 26.7 Å². The van der Waals surface area contributed by atoms with Crippen LogP contribution in [0.2, 0.25) is 0 Å². The molecule has 2 nitrogen and oxygen atoms in total. The van der Waals surface area contributed by atoms with Crippen LogP contribution in [-0.2, 0) is 9.47 Å². The molecule has 0 spiro atoms. The molecular weight excluding hydrogens is 128 g/mol. The Bertz CT molecular complexity index is 127. The SMILES string of the molecule is CO/C=C(C)\C(C)=C/OC. The molecule has 0 aliphatic heterocycles. The standard InChI is InChI=1S/C8H14O2/c1-7(5-9-3)8(2)6-10-4/h5-6H,1-4H3/b7-5-,8-6-. The predicted octanol–water partition coefficient (Wildman–Crippen LogP) is 2.09. The lowest BCUT2D eigenvalue weighted by atomic mass is 10.2. The van der Waals surface area contributed by atoms with Gasteiger partial charge in [-0.25, -0.2) is 0 Å². The fourth-order valence-corrected chi connectivity index (χ4v) is 0.539. The van der Waals surface area contributed by atoms with Crippen molar-refractivity contribution in [3.8, 4) is 0 Å². The molecule has 0 heterocycles. The summed E-state index contributed by atoms with van der Waals surface area (Å²) in [5.74, 6) is 0. The Morgan fingerprint density at radius 2 is 1.20 bits per heavy atom. The van der Waals surface area contributed by atoms with Crippen LogP contribution in [0, 0.1) is 0 Å². The van der Waals surface area contributed by atoms with Gasteiger partial charge in [0.2, 0.25) is 0 Å². The van der Waals surface area contributed by atoms with Crippen molar-refractivity contribution in [3.05, 3.63) is 23.7 Å². The minimum absolute atomic E-state index is 1.07. The minimum Gasteiger partial charge on any atom is -0.504 e. The van der Waals surface area contributed by atoms with Crippen molar-refractivity contribution in [3.63, 3.8) is 0 Å². The highest BCUT2D eigenvalue weighted by molar-refractivity contribution is 5.23. The summed E-state index contributed by atoms with van der Waals surface area (Å²) in [4.78, 5) is 0. The van der Waals surface area contributed by atoms with E-state index in [1.54, 1.807) is 26.7 Å². The molecule has 0 amide bonds. The summed E-state index contributed by atoms with van der Waals surface area (Å²) in [6.45, 7) is 3.93. The first kappa shape index (κ1) is 9.08. The number of hydrogen-bond acceptors (Lipinski definition) is 2. The van der Waals surface area contributed by atoms with Crippen LogP contribution in [0.1, 0.15) is 13.8 Å². The third-order valence-electron chi connectivity index (χ3n) is 1.21. The second-order valence-electron chi connectivity index (χ2n) is 2.07. The second kappa shape index (κ2) is 4.91. The highest BCUT2D eigenvalue weighted by Gasteiger charge is 1.90. The molecule has 0 aliphatic carbocycles. The lowest BCUT2D eigenvalue weighted by molar-refractivity contribution is 0.328. The molecule has 0 aromatic carbocycles. The van der Waals surface area contributed by atoms with E-state index in [2.05, 4.69) is 0 Å². The summed E-state index contributed by atoms with van der Waals surface area (Å²) in [7, 11) is 3.26. The van der Waals surface area contributed by atoms with Crippen molar-refractivity contribution in [1.29, 1.82) is 0 Å². The molecule has 0 bridgehead atoms. The van der Waals surface area contributed by atoms with E-state index in [1.165, 1.54) is 0 Å². The normalized spacial score (nSPS) is 13.2. The summed E-state index contributed by atoms with van der Waals surface area (Å²) >= 11 is 0. The summed E-state index contributed by atoms with van der Waals surface area (Å²) in [6.07, 6.45) is 3.37. The maximum Gasteiger partial charge on any atom is 0.0857 e. The first-order valence-electron chi connectivity index (χ1n) is 3.12. The molecule has 0 aromatic heterocycles. The first-order valence-corrected chi connectivity index (χ1v) is 3.12. The van der Waals surface area contributed by atoms with Crippen LogP contribution in [0.5, 0.6) is 0 Å². The van der Waals surface area contributed by atoms with E-state index in [4.69, 9.17) is 9.47 Å². The summed E-state index contributed by atoms with van der Waals surface area (Å²) < 4.78 is 9.63. The molecule has 0 saturated heterocycles. The average molecular weight is 142 g/mol. The second-order valence-corrected chi connectivity index (χ2v) is 2.07. The zero-order valence-electron chi connectivity index (χ0n) is 6.97. The number of rotatable bonds is 3. The predicted molar refractivity (Wildman–Crippen MR) is 41.5 cm³/mol. The van der Waals surface area contributed by atoms with Gasteiger partial charge in [-0.05, 0) is 25.0 Å². The van der Waals surface area contributed by atoms with Crippen LogP contribution in [0.3, 0.4) is 0 Å². The smallest absolute Gasteiger partial charge is 0.0857 e. The van der Waals surface area contributed by atoms with Crippen molar-refractivity contribution < 1.29 is 9.47 Å². The molecule has 0 aliphatic rings. The fraction of sp³-hybridized carbons (Fsp3) is 0.500. The third-order valence-corrected chi connectivity index (χ3v) is 1.21. The van der Waals surface area contributed by atoms with Crippen molar-refractivity contribution in [2.75, 3.05) is 14.2 Å². The Morgan fingerprint density at radius 3 is 1.40 bits per heavy atom. The largest absolute Gasteiger partial charge is 0.504 e. The quantitative estimate of drug-likeness (QED) is 0.443. The Morgan fingerprint density at radius 1 is 0.900 bits per heavy atom. The Labute approximate surface area is 62.1 Å². The van der Waals surface area contributed by atoms with Crippen LogP contribution < -0.4 is 0 Å². The van der Waals surface area contributed by atoms with Crippen LogP contribution >= 0.6 is 0 Å². The van der Waals surface area contributed by atoms with E-state index >= 15 is 0 Å². The third kappa shape index (κ3) is 3.17. The van der Waals surface area contributed by atoms with E-state index in [0.29, 0.717) is 0 Å². The van der Waals surface area contributed by atoms with Crippen LogP contribution in [0.25, 0.3) is 0 Å². The van der Waals surface area contributed by atoms with Crippen LogP contribution in [0.15, 0.2) is 23.7 Å². The molecule has 0 aromatic rings. The number of allylic oxidation sites excluding steroid dienone is 2. The van der Waals surface area contributed by atoms with Gasteiger partial charge in [-0.2, -0.15) is 0 Å². The monoisotopic (exact) mass is 142 g/mol. The van der Waals surface area contributed by atoms with Gasteiger partial charge >= 0.3 is 0 Å². The van der Waals surface area contributed by atoms with Gasteiger partial charge in [0.15, 0.2) is 0 Å². The zero-order chi connectivity index (χ0) is 7.98. The van der Waals surface area contributed by atoms with Crippen LogP contribution in [-0.4, -0.2) is 14.2 Å². The van der Waals surface area contributed by atoms with Crippen molar-refractivity contribution >= 4 is 0 Å². The summed E-state index contributed by atoms with van der Waals surface area (Å²) in [6, 6.07) is 0. The van der Waals surface area contributed by atoms with E-state index in [1.807, 2.05) is 13.8 Å². The highest BCUT2D eigenvalue weighted by Crippen LogP contribution is 2.06. The number of ether oxygens (including phenoxy) is 2. The van der Waals surface area contributed by atoms with Gasteiger partial charge in [-0.15, -0.1) is 0 Å². The Kier molecular flexibility index (Phi) is 4.46. The topological polar surface area (TPSA) is 18.5 Å². The van der Waals surface area contributed by atoms with E-state index < -0.39 is 0 Å². The molecule has 0 rings (SSSR count). The number of methoxy groups -OCH3 is 2. The molecule has 0 N–H and O–H groups in total. The molecule has 0 saturated carbocycles. The average Bonchev–Trinajstić information content (AvgIpc) is 1.89. The maximum atomic E-state index is 4.81. The molecule has 0 unspecified atom stereocenters. The van der Waals surface area contributed by atoms with Gasteiger partial charge in [-0.1, -0.05) is 0 Å². The fourth-order valence-electron chi connectivity index (χ4n) is 0.539. The van der Waals surface area contributed by atoms with E-state index in [-0.39, 0.29) is 0 Å². The summed E-state index contributed by atoms with van der Waals surface area (Å²) in [5, 5.41) is 0. The van der Waals surface area contributed by atoms with E-state index in [9.17, 15) is 0 Å². The molecule has 0 fully saturated rings. The lowest BCUT2D eigenvalue weighted by Crippen LogP contribution is -1.82. The molecule has 0 radical (unpaired) electrons. The van der Waals surface area contributed by atoms with Gasteiger partial charge in [0.25, 0.3) is 0 Å². The van der Waals surface area contributed by atoms with Crippen molar-refractivity contribution in [1.82, 2.24) is 0 Å². The molecule has 10 heavy (non-hydrogen) atoms. The number of hydrogen-bond donors (Lipinski definition) is 0. The molecule has 2 heteroatoms. The lowest BCUT2D eigenvalue weighted by Gasteiger charge is -1.99.